The monoisotopic (exact) mass is 375 g/mol. The number of amides is 1. The second-order valence-corrected chi connectivity index (χ2v) is 5.98. The first-order valence-electron chi connectivity index (χ1n) is 8.55. The van der Waals surface area contributed by atoms with Crippen molar-refractivity contribution in [1.82, 2.24) is 19.8 Å². The van der Waals surface area contributed by atoms with Crippen molar-refractivity contribution in [3.05, 3.63) is 60.7 Å². The number of methoxy groups -OCH3 is 1. The normalized spacial score (nSPS) is 10.6. The first-order chi connectivity index (χ1) is 13.6. The van der Waals surface area contributed by atoms with E-state index in [2.05, 4.69) is 20.6 Å². The number of carbonyl (C=O) groups excluding carboxylic acids is 1. The molecule has 0 saturated carbocycles. The predicted octanol–water partition coefficient (Wildman–Crippen LogP) is 3.55. The smallest absolute Gasteiger partial charge is 0.237 e. The lowest BCUT2D eigenvalue weighted by Crippen LogP contribution is -2.05. The Morgan fingerprint density at radius 3 is 2.71 bits per heavy atom. The molecule has 2 aromatic carbocycles. The number of ether oxygens (including phenoxy) is 2. The van der Waals surface area contributed by atoms with Gasteiger partial charge in [-0.15, -0.1) is 15.3 Å². The summed E-state index contributed by atoms with van der Waals surface area (Å²) < 4.78 is 12.9. The van der Waals surface area contributed by atoms with Gasteiger partial charge in [-0.3, -0.25) is 4.79 Å². The molecule has 0 aliphatic rings. The fraction of sp³-hybridized carbons (Fsp3) is 0.100. The van der Waals surface area contributed by atoms with Gasteiger partial charge in [0, 0.05) is 24.7 Å². The van der Waals surface area contributed by atoms with E-state index in [4.69, 9.17) is 9.47 Å². The van der Waals surface area contributed by atoms with Crippen LogP contribution >= 0.6 is 0 Å². The van der Waals surface area contributed by atoms with E-state index in [-0.39, 0.29) is 5.91 Å². The molecule has 8 nitrogen and oxygen atoms in total. The number of benzene rings is 2. The summed E-state index contributed by atoms with van der Waals surface area (Å²) in [6, 6.07) is 18.1. The van der Waals surface area contributed by atoms with Crippen LogP contribution in [0.3, 0.4) is 0 Å². The third-order valence-electron chi connectivity index (χ3n) is 3.96. The van der Waals surface area contributed by atoms with Gasteiger partial charge >= 0.3 is 0 Å². The van der Waals surface area contributed by atoms with Crippen LogP contribution in [-0.2, 0) is 4.79 Å². The number of carbonyl (C=O) groups is 1. The van der Waals surface area contributed by atoms with E-state index in [1.165, 1.54) is 6.92 Å². The largest absolute Gasteiger partial charge is 0.496 e. The van der Waals surface area contributed by atoms with Gasteiger partial charge in [-0.1, -0.05) is 18.2 Å². The lowest BCUT2D eigenvalue weighted by Gasteiger charge is -2.09. The highest BCUT2D eigenvalue weighted by atomic mass is 16.5. The fourth-order valence-electron chi connectivity index (χ4n) is 2.79. The van der Waals surface area contributed by atoms with Gasteiger partial charge in [-0.25, -0.2) is 0 Å². The van der Waals surface area contributed by atoms with Crippen molar-refractivity contribution in [3.63, 3.8) is 0 Å². The maximum atomic E-state index is 11.2. The summed E-state index contributed by atoms with van der Waals surface area (Å²) in [4.78, 5) is 11.2. The number of rotatable bonds is 5. The maximum absolute atomic E-state index is 11.2. The number of anilines is 1. The first-order valence-corrected chi connectivity index (χ1v) is 8.55. The van der Waals surface area contributed by atoms with Crippen LogP contribution in [0.1, 0.15) is 6.92 Å². The molecule has 1 N–H and O–H groups in total. The summed E-state index contributed by atoms with van der Waals surface area (Å²) in [6.45, 7) is 1.45. The molecule has 4 rings (SSSR count). The Morgan fingerprint density at radius 1 is 1.04 bits per heavy atom. The molecule has 0 unspecified atom stereocenters. The molecule has 0 fully saturated rings. The molecule has 8 heteroatoms. The number of aromatic nitrogens is 4. The van der Waals surface area contributed by atoms with Crippen molar-refractivity contribution in [3.8, 4) is 28.8 Å². The molecule has 0 aliphatic heterocycles. The summed E-state index contributed by atoms with van der Waals surface area (Å²) in [7, 11) is 1.60. The number of fused-ring (bicyclic) bond motifs is 1. The minimum atomic E-state index is -0.150. The van der Waals surface area contributed by atoms with Gasteiger partial charge in [0.05, 0.1) is 12.7 Å². The third kappa shape index (κ3) is 3.48. The Labute approximate surface area is 160 Å². The molecule has 2 aromatic heterocycles. The Morgan fingerprint density at radius 2 is 1.89 bits per heavy atom. The highest BCUT2D eigenvalue weighted by Gasteiger charge is 2.14. The molecule has 2 heterocycles. The topological polar surface area (TPSA) is 90.6 Å². The van der Waals surface area contributed by atoms with Gasteiger partial charge in [-0.05, 0) is 30.3 Å². The Bertz CT molecular complexity index is 1160. The molecule has 140 valence electrons. The SMILES string of the molecule is COc1ccccc1-c1nnc2ccc(Oc3cccc(NC(C)=O)c3)nn12. The number of hydrogen-bond acceptors (Lipinski definition) is 6. The van der Waals surface area contributed by atoms with E-state index < -0.39 is 0 Å². The van der Waals surface area contributed by atoms with Crippen LogP contribution in [0.2, 0.25) is 0 Å². The van der Waals surface area contributed by atoms with Crippen LogP contribution in [0.15, 0.2) is 60.7 Å². The van der Waals surface area contributed by atoms with Crippen LogP contribution in [0.25, 0.3) is 17.0 Å². The standard InChI is InChI=1S/C20H17N5O3/c1-13(26)21-14-6-5-7-15(12-14)28-19-11-10-18-22-23-20(25(18)24-19)16-8-3-4-9-17(16)27-2/h3-12H,1-2H3,(H,21,26). The molecule has 1 amide bonds. The van der Waals surface area contributed by atoms with Crippen molar-refractivity contribution in [2.75, 3.05) is 12.4 Å². The van der Waals surface area contributed by atoms with Crippen LogP contribution in [0.4, 0.5) is 5.69 Å². The van der Waals surface area contributed by atoms with Crippen molar-refractivity contribution in [2.24, 2.45) is 0 Å². The van der Waals surface area contributed by atoms with Gasteiger partial charge in [0.1, 0.15) is 11.5 Å². The van der Waals surface area contributed by atoms with E-state index in [1.807, 2.05) is 24.3 Å². The quantitative estimate of drug-likeness (QED) is 0.574. The van der Waals surface area contributed by atoms with Crippen LogP contribution in [0, 0.1) is 0 Å². The zero-order valence-electron chi connectivity index (χ0n) is 15.3. The number of para-hydroxylation sites is 1. The predicted molar refractivity (Wildman–Crippen MR) is 104 cm³/mol. The second-order valence-electron chi connectivity index (χ2n) is 5.98. The second kappa shape index (κ2) is 7.36. The van der Waals surface area contributed by atoms with Gasteiger partial charge in [-0.2, -0.15) is 4.52 Å². The lowest BCUT2D eigenvalue weighted by atomic mass is 10.2. The van der Waals surface area contributed by atoms with Crippen molar-refractivity contribution < 1.29 is 14.3 Å². The van der Waals surface area contributed by atoms with Crippen LogP contribution in [-0.4, -0.2) is 32.8 Å². The molecular weight excluding hydrogens is 358 g/mol. The molecule has 0 spiro atoms. The number of nitrogens with zero attached hydrogens (tertiary/aromatic N) is 4. The summed E-state index contributed by atoms with van der Waals surface area (Å²) in [6.07, 6.45) is 0. The van der Waals surface area contributed by atoms with E-state index in [0.29, 0.717) is 34.5 Å². The molecule has 0 aliphatic carbocycles. The summed E-state index contributed by atoms with van der Waals surface area (Å²) in [5, 5.41) is 15.6. The van der Waals surface area contributed by atoms with Crippen LogP contribution in [0.5, 0.6) is 17.4 Å². The lowest BCUT2D eigenvalue weighted by molar-refractivity contribution is -0.114. The van der Waals surface area contributed by atoms with E-state index in [9.17, 15) is 4.79 Å². The third-order valence-corrected chi connectivity index (χ3v) is 3.96. The minimum absolute atomic E-state index is 0.150. The zero-order chi connectivity index (χ0) is 19.5. The molecule has 0 atom stereocenters. The average molecular weight is 375 g/mol. The van der Waals surface area contributed by atoms with Gasteiger partial charge < -0.3 is 14.8 Å². The number of nitrogens with one attached hydrogen (secondary N) is 1. The van der Waals surface area contributed by atoms with E-state index in [1.54, 1.807) is 48.0 Å². The highest BCUT2D eigenvalue weighted by Crippen LogP contribution is 2.29. The Kier molecular flexibility index (Phi) is 4.59. The summed E-state index contributed by atoms with van der Waals surface area (Å²) >= 11 is 0. The Balaban J connectivity index is 1.69. The molecule has 28 heavy (non-hydrogen) atoms. The summed E-state index contributed by atoms with van der Waals surface area (Å²) in [5.74, 6) is 1.98. The van der Waals surface area contributed by atoms with Gasteiger partial charge in [0.2, 0.25) is 11.8 Å². The average Bonchev–Trinajstić information content (AvgIpc) is 3.11. The van der Waals surface area contributed by atoms with Crippen molar-refractivity contribution in [1.29, 1.82) is 0 Å². The van der Waals surface area contributed by atoms with Gasteiger partial charge in [0.25, 0.3) is 0 Å². The van der Waals surface area contributed by atoms with Crippen molar-refractivity contribution >= 4 is 17.2 Å². The van der Waals surface area contributed by atoms with Gasteiger partial charge in [0.15, 0.2) is 11.5 Å². The number of hydrogen-bond donors (Lipinski definition) is 1. The molecule has 0 bridgehead atoms. The fourth-order valence-corrected chi connectivity index (χ4v) is 2.79. The first kappa shape index (κ1) is 17.5. The van der Waals surface area contributed by atoms with E-state index in [0.717, 1.165) is 5.56 Å². The molecule has 4 aromatic rings. The Hall–Kier alpha value is -3.94. The van der Waals surface area contributed by atoms with E-state index >= 15 is 0 Å². The van der Waals surface area contributed by atoms with Crippen molar-refractivity contribution in [2.45, 2.75) is 6.92 Å². The highest BCUT2D eigenvalue weighted by molar-refractivity contribution is 5.88. The zero-order valence-corrected chi connectivity index (χ0v) is 15.3. The maximum Gasteiger partial charge on any atom is 0.237 e. The molecule has 0 radical (unpaired) electrons. The van der Waals surface area contributed by atoms with Crippen LogP contribution < -0.4 is 14.8 Å². The molecular formula is C20H17N5O3. The summed E-state index contributed by atoms with van der Waals surface area (Å²) in [5.41, 5.74) is 2.00. The minimum Gasteiger partial charge on any atom is -0.496 e. The molecule has 0 saturated heterocycles.